The number of nitrogens with zero attached hydrogens (tertiary/aromatic N) is 6. The van der Waals surface area contributed by atoms with Crippen LogP contribution in [0.3, 0.4) is 0 Å². The number of fused-ring (bicyclic) bond motifs is 3. The van der Waals surface area contributed by atoms with Crippen LogP contribution in [0.1, 0.15) is 17.0 Å². The lowest BCUT2D eigenvalue weighted by Gasteiger charge is -2.35. The van der Waals surface area contributed by atoms with Crippen LogP contribution < -0.4 is 4.90 Å². The molecule has 0 saturated carbocycles. The van der Waals surface area contributed by atoms with E-state index in [0.29, 0.717) is 12.4 Å². The van der Waals surface area contributed by atoms with E-state index in [1.807, 2.05) is 35.7 Å². The molecule has 1 aliphatic heterocycles. The Bertz CT molecular complexity index is 1220. The summed E-state index contributed by atoms with van der Waals surface area (Å²) in [6, 6.07) is 13.3. The van der Waals surface area contributed by atoms with Gasteiger partial charge in [0.1, 0.15) is 5.82 Å². The van der Waals surface area contributed by atoms with Gasteiger partial charge in [0.25, 0.3) is 0 Å². The first-order chi connectivity index (χ1) is 14.9. The maximum atomic E-state index is 12.8. The van der Waals surface area contributed by atoms with Gasteiger partial charge in [-0.2, -0.15) is 17.7 Å². The number of piperazine rings is 1. The van der Waals surface area contributed by atoms with E-state index in [9.17, 15) is 13.2 Å². The second kappa shape index (κ2) is 7.49. The maximum Gasteiger partial charge on any atom is 0.416 e. The summed E-state index contributed by atoms with van der Waals surface area (Å²) in [5.41, 5.74) is 1.94. The van der Waals surface area contributed by atoms with Crippen molar-refractivity contribution in [2.75, 3.05) is 31.1 Å². The third kappa shape index (κ3) is 3.81. The van der Waals surface area contributed by atoms with Crippen LogP contribution in [0.2, 0.25) is 0 Å². The molecular formula is C22H21F3N6. The van der Waals surface area contributed by atoms with Crippen molar-refractivity contribution in [1.82, 2.24) is 24.5 Å². The minimum Gasteiger partial charge on any atom is -0.338 e. The summed E-state index contributed by atoms with van der Waals surface area (Å²) in [7, 11) is 0. The molecule has 0 atom stereocenters. The first-order valence-corrected chi connectivity index (χ1v) is 10.1. The molecule has 4 aromatic rings. The summed E-state index contributed by atoms with van der Waals surface area (Å²) in [6.07, 6.45) is -4.30. The Kier molecular flexibility index (Phi) is 4.77. The van der Waals surface area contributed by atoms with Crippen LogP contribution in [-0.4, -0.2) is 50.7 Å². The number of benzene rings is 2. The Labute approximate surface area is 176 Å². The summed E-state index contributed by atoms with van der Waals surface area (Å²) >= 11 is 0. The topological polar surface area (TPSA) is 49.6 Å². The van der Waals surface area contributed by atoms with Crippen molar-refractivity contribution in [3.05, 3.63) is 65.5 Å². The summed E-state index contributed by atoms with van der Waals surface area (Å²) in [5.74, 6) is 1.46. The van der Waals surface area contributed by atoms with Crippen molar-refractivity contribution in [3.8, 4) is 0 Å². The molecule has 1 aliphatic rings. The summed E-state index contributed by atoms with van der Waals surface area (Å²) < 4.78 is 40.1. The minimum absolute atomic E-state index is 0.615. The number of para-hydroxylation sites is 1. The summed E-state index contributed by atoms with van der Waals surface area (Å²) in [5, 5.41) is 5.51. The van der Waals surface area contributed by atoms with Crippen LogP contribution in [-0.2, 0) is 12.7 Å². The third-order valence-corrected chi connectivity index (χ3v) is 5.61. The number of aromatic nitrogens is 4. The van der Waals surface area contributed by atoms with Gasteiger partial charge in [-0.05, 0) is 36.8 Å². The minimum atomic E-state index is -4.30. The molecule has 0 spiro atoms. The molecule has 3 heterocycles. The van der Waals surface area contributed by atoms with Crippen LogP contribution in [0.4, 0.5) is 19.1 Å². The first-order valence-electron chi connectivity index (χ1n) is 10.1. The highest BCUT2D eigenvalue weighted by Gasteiger charge is 2.30. The molecule has 160 valence electrons. The predicted octanol–water partition coefficient (Wildman–Crippen LogP) is 3.93. The molecule has 2 aromatic carbocycles. The van der Waals surface area contributed by atoms with Gasteiger partial charge >= 0.3 is 6.18 Å². The van der Waals surface area contributed by atoms with E-state index in [1.165, 1.54) is 0 Å². The summed E-state index contributed by atoms with van der Waals surface area (Å²) in [6.45, 7) is 5.55. The number of rotatable bonds is 3. The molecule has 0 unspecified atom stereocenters. The van der Waals surface area contributed by atoms with Gasteiger partial charge in [-0.25, -0.2) is 9.97 Å². The van der Waals surface area contributed by atoms with Crippen LogP contribution in [0.25, 0.3) is 16.6 Å². The molecule has 0 radical (unpaired) electrons. The largest absolute Gasteiger partial charge is 0.416 e. The fraction of sp³-hybridized carbons (Fsp3) is 0.318. The molecular weight excluding hydrogens is 405 g/mol. The first kappa shape index (κ1) is 19.7. The highest BCUT2D eigenvalue weighted by atomic mass is 19.4. The fourth-order valence-electron chi connectivity index (χ4n) is 4.01. The Hall–Kier alpha value is -3.20. The zero-order valence-corrected chi connectivity index (χ0v) is 17.0. The SMILES string of the molecule is Cc1nc2c3ccccc3nc(N3CCN(Cc4ccc(C(F)(F)F)cc4)CC3)n2n1. The van der Waals surface area contributed by atoms with Gasteiger partial charge in [0.15, 0.2) is 5.65 Å². The molecule has 1 saturated heterocycles. The van der Waals surface area contributed by atoms with Gasteiger partial charge in [-0.15, -0.1) is 5.10 Å². The number of aryl methyl sites for hydroxylation is 1. The standard InChI is InChI=1S/C22H21F3N6/c1-15-26-20-18-4-2-3-5-19(18)27-21(31(20)28-15)30-12-10-29(11-13-30)14-16-6-8-17(9-7-16)22(23,24)25/h2-9H,10-14H2,1H3. The normalized spacial score (nSPS) is 15.8. The highest BCUT2D eigenvalue weighted by Crippen LogP contribution is 2.29. The van der Waals surface area contributed by atoms with Crippen molar-refractivity contribution < 1.29 is 13.2 Å². The van der Waals surface area contributed by atoms with Crippen molar-refractivity contribution >= 4 is 22.5 Å². The smallest absolute Gasteiger partial charge is 0.338 e. The van der Waals surface area contributed by atoms with Gasteiger partial charge in [-0.1, -0.05) is 24.3 Å². The number of hydrogen-bond donors (Lipinski definition) is 0. The van der Waals surface area contributed by atoms with Gasteiger partial charge in [0.05, 0.1) is 11.1 Å². The van der Waals surface area contributed by atoms with Crippen LogP contribution in [0.5, 0.6) is 0 Å². The fourth-order valence-corrected chi connectivity index (χ4v) is 4.01. The number of hydrogen-bond acceptors (Lipinski definition) is 5. The molecule has 0 amide bonds. The number of alkyl halides is 3. The summed E-state index contributed by atoms with van der Waals surface area (Å²) in [4.78, 5) is 13.9. The molecule has 2 aromatic heterocycles. The van der Waals surface area contributed by atoms with Crippen molar-refractivity contribution in [2.24, 2.45) is 0 Å². The molecule has 0 aliphatic carbocycles. The van der Waals surface area contributed by atoms with E-state index < -0.39 is 11.7 Å². The Morgan fingerprint density at radius 3 is 2.32 bits per heavy atom. The third-order valence-electron chi connectivity index (χ3n) is 5.61. The maximum absolute atomic E-state index is 12.8. The highest BCUT2D eigenvalue weighted by molar-refractivity contribution is 5.92. The Morgan fingerprint density at radius 2 is 1.61 bits per heavy atom. The zero-order chi connectivity index (χ0) is 21.6. The van der Waals surface area contributed by atoms with E-state index in [-0.39, 0.29) is 0 Å². The predicted molar refractivity (Wildman–Crippen MR) is 112 cm³/mol. The molecule has 0 bridgehead atoms. The van der Waals surface area contributed by atoms with Crippen LogP contribution in [0, 0.1) is 6.92 Å². The molecule has 0 N–H and O–H groups in total. The van der Waals surface area contributed by atoms with Crippen molar-refractivity contribution in [2.45, 2.75) is 19.6 Å². The zero-order valence-electron chi connectivity index (χ0n) is 17.0. The van der Waals surface area contributed by atoms with Crippen molar-refractivity contribution in [1.29, 1.82) is 0 Å². The van der Waals surface area contributed by atoms with Crippen molar-refractivity contribution in [3.63, 3.8) is 0 Å². The van der Waals surface area contributed by atoms with Gasteiger partial charge in [0, 0.05) is 38.1 Å². The Balaban J connectivity index is 1.33. The molecule has 5 rings (SSSR count). The van der Waals surface area contributed by atoms with Gasteiger partial charge < -0.3 is 4.90 Å². The Morgan fingerprint density at radius 1 is 0.903 bits per heavy atom. The second-order valence-electron chi connectivity index (χ2n) is 7.78. The van der Waals surface area contributed by atoms with Gasteiger partial charge in [-0.3, -0.25) is 4.90 Å². The lowest BCUT2D eigenvalue weighted by atomic mass is 10.1. The quantitative estimate of drug-likeness (QED) is 0.497. The molecule has 31 heavy (non-hydrogen) atoms. The molecule has 1 fully saturated rings. The lowest BCUT2D eigenvalue weighted by molar-refractivity contribution is -0.137. The average Bonchev–Trinajstić information content (AvgIpc) is 3.15. The lowest BCUT2D eigenvalue weighted by Crippen LogP contribution is -2.47. The van der Waals surface area contributed by atoms with E-state index in [4.69, 9.17) is 4.98 Å². The van der Waals surface area contributed by atoms with E-state index in [2.05, 4.69) is 19.9 Å². The number of anilines is 1. The second-order valence-corrected chi connectivity index (χ2v) is 7.78. The van der Waals surface area contributed by atoms with Gasteiger partial charge in [0.2, 0.25) is 5.95 Å². The van der Waals surface area contributed by atoms with E-state index in [0.717, 1.165) is 66.4 Å². The molecule has 9 heteroatoms. The average molecular weight is 426 g/mol. The van der Waals surface area contributed by atoms with Crippen LogP contribution >= 0.6 is 0 Å². The van der Waals surface area contributed by atoms with E-state index >= 15 is 0 Å². The van der Waals surface area contributed by atoms with Crippen LogP contribution in [0.15, 0.2) is 48.5 Å². The number of halogens is 3. The molecule has 6 nitrogen and oxygen atoms in total. The monoisotopic (exact) mass is 426 g/mol. The van der Waals surface area contributed by atoms with E-state index in [1.54, 1.807) is 12.1 Å².